The second kappa shape index (κ2) is 6.37. The van der Waals surface area contributed by atoms with Gasteiger partial charge in [0.15, 0.2) is 0 Å². The minimum atomic E-state index is -1.52. The highest BCUT2D eigenvalue weighted by Gasteiger charge is 2.10. The molecule has 0 aliphatic carbocycles. The molecule has 0 bridgehead atoms. The van der Waals surface area contributed by atoms with Crippen LogP contribution in [-0.2, 0) is 11.1 Å². The van der Waals surface area contributed by atoms with Crippen LogP contribution in [0, 0.1) is 0 Å². The topological polar surface area (TPSA) is 26.3 Å². The van der Waals surface area contributed by atoms with Gasteiger partial charge in [0, 0.05) is 5.56 Å². The monoisotopic (exact) mass is 294 g/mol. The fourth-order valence-electron chi connectivity index (χ4n) is 2.06. The normalized spacial score (nSPS) is 11.8. The van der Waals surface area contributed by atoms with E-state index in [4.69, 9.17) is 4.18 Å². The molecule has 0 radical (unpaired) electrons. The molecular formula is C18H14O2S. The summed E-state index contributed by atoms with van der Waals surface area (Å²) in [5, 5.41) is 0. The summed E-state index contributed by atoms with van der Waals surface area (Å²) in [5.41, 5.74) is 1.97. The molecule has 0 spiro atoms. The molecule has 21 heavy (non-hydrogen) atoms. The largest absolute Gasteiger partial charge is 0.396 e. The third-order valence-electron chi connectivity index (χ3n) is 3.07. The van der Waals surface area contributed by atoms with Gasteiger partial charge in [0.2, 0.25) is 11.1 Å². The highest BCUT2D eigenvalue weighted by atomic mass is 32.2. The highest BCUT2D eigenvalue weighted by Crippen LogP contribution is 2.30. The van der Waals surface area contributed by atoms with Crippen molar-refractivity contribution >= 4 is 11.1 Å². The summed E-state index contributed by atoms with van der Waals surface area (Å²) in [7, 11) is 0. The maximum atomic E-state index is 12.3. The molecule has 3 aromatic carbocycles. The van der Waals surface area contributed by atoms with Crippen molar-refractivity contribution < 1.29 is 8.39 Å². The predicted molar refractivity (Wildman–Crippen MR) is 85.4 cm³/mol. The number of hydrogen-bond donors (Lipinski definition) is 0. The van der Waals surface area contributed by atoms with Gasteiger partial charge in [-0.15, -0.1) is 0 Å². The number of hydrogen-bond acceptors (Lipinski definition) is 2. The Hall–Kier alpha value is -2.39. The zero-order valence-corrected chi connectivity index (χ0v) is 12.1. The van der Waals surface area contributed by atoms with E-state index < -0.39 is 11.1 Å². The third kappa shape index (κ3) is 3.20. The SMILES string of the molecule is O=S(Oc1ccccc1-c1ccccc1)c1ccccc1. The molecule has 3 heteroatoms. The first-order valence-corrected chi connectivity index (χ1v) is 7.72. The molecule has 0 fully saturated rings. The minimum Gasteiger partial charge on any atom is -0.396 e. The molecule has 0 heterocycles. The van der Waals surface area contributed by atoms with Gasteiger partial charge >= 0.3 is 0 Å². The summed E-state index contributed by atoms with van der Waals surface area (Å²) < 4.78 is 17.9. The Balaban J connectivity index is 1.92. The third-order valence-corrected chi connectivity index (χ3v) is 4.06. The molecule has 3 rings (SSSR count). The van der Waals surface area contributed by atoms with E-state index >= 15 is 0 Å². The zero-order chi connectivity index (χ0) is 14.5. The van der Waals surface area contributed by atoms with E-state index in [2.05, 4.69) is 0 Å². The lowest BCUT2D eigenvalue weighted by Gasteiger charge is -2.10. The lowest BCUT2D eigenvalue weighted by atomic mass is 10.1. The van der Waals surface area contributed by atoms with Crippen molar-refractivity contribution in [1.29, 1.82) is 0 Å². The van der Waals surface area contributed by atoms with Crippen LogP contribution in [0.4, 0.5) is 0 Å². The summed E-state index contributed by atoms with van der Waals surface area (Å²) in [6.07, 6.45) is 0. The van der Waals surface area contributed by atoms with E-state index in [9.17, 15) is 4.21 Å². The molecule has 1 unspecified atom stereocenters. The molecule has 3 aromatic rings. The highest BCUT2D eigenvalue weighted by molar-refractivity contribution is 7.80. The van der Waals surface area contributed by atoms with Gasteiger partial charge in [-0.1, -0.05) is 66.7 Å². The van der Waals surface area contributed by atoms with Crippen molar-refractivity contribution in [2.75, 3.05) is 0 Å². The van der Waals surface area contributed by atoms with Crippen LogP contribution in [0.3, 0.4) is 0 Å². The van der Waals surface area contributed by atoms with Crippen LogP contribution in [0.25, 0.3) is 11.1 Å². The van der Waals surface area contributed by atoms with Crippen molar-refractivity contribution in [1.82, 2.24) is 0 Å². The van der Waals surface area contributed by atoms with Crippen LogP contribution in [0.1, 0.15) is 0 Å². The average molecular weight is 294 g/mol. The Kier molecular flexibility index (Phi) is 4.12. The van der Waals surface area contributed by atoms with Gasteiger partial charge in [-0.25, -0.2) is 4.21 Å². The number of benzene rings is 3. The van der Waals surface area contributed by atoms with Crippen molar-refractivity contribution in [2.24, 2.45) is 0 Å². The lowest BCUT2D eigenvalue weighted by molar-refractivity contribution is 0.563. The first kappa shape index (κ1) is 13.6. The zero-order valence-electron chi connectivity index (χ0n) is 11.3. The van der Waals surface area contributed by atoms with E-state index in [0.717, 1.165) is 11.1 Å². The summed E-state index contributed by atoms with van der Waals surface area (Å²) in [4.78, 5) is 0.653. The van der Waals surface area contributed by atoms with Crippen LogP contribution in [0.2, 0.25) is 0 Å². The smallest absolute Gasteiger partial charge is 0.240 e. The van der Waals surface area contributed by atoms with Gasteiger partial charge in [0.25, 0.3) is 0 Å². The number of rotatable bonds is 4. The predicted octanol–water partition coefficient (Wildman–Crippen LogP) is 4.46. The van der Waals surface area contributed by atoms with Gasteiger partial charge < -0.3 is 4.18 Å². The molecule has 1 atom stereocenters. The van der Waals surface area contributed by atoms with Gasteiger partial charge in [0.1, 0.15) is 5.75 Å². The van der Waals surface area contributed by atoms with Crippen molar-refractivity contribution in [3.8, 4) is 16.9 Å². The minimum absolute atomic E-state index is 0.617. The van der Waals surface area contributed by atoms with E-state index in [0.29, 0.717) is 10.6 Å². The van der Waals surface area contributed by atoms with Gasteiger partial charge in [-0.05, 0) is 23.8 Å². The second-order valence-electron chi connectivity index (χ2n) is 4.49. The maximum absolute atomic E-state index is 12.3. The Morgan fingerprint density at radius 2 is 1.24 bits per heavy atom. The average Bonchev–Trinajstić information content (AvgIpc) is 2.57. The fourth-order valence-corrected chi connectivity index (χ4v) is 2.84. The van der Waals surface area contributed by atoms with Crippen molar-refractivity contribution in [2.45, 2.75) is 4.90 Å². The molecule has 0 aliphatic heterocycles. The Morgan fingerprint density at radius 3 is 1.95 bits per heavy atom. The van der Waals surface area contributed by atoms with Crippen molar-refractivity contribution in [3.63, 3.8) is 0 Å². The van der Waals surface area contributed by atoms with E-state index in [1.165, 1.54) is 0 Å². The van der Waals surface area contributed by atoms with Gasteiger partial charge in [0.05, 0.1) is 4.90 Å². The summed E-state index contributed by atoms with van der Waals surface area (Å²) in [6.45, 7) is 0. The molecule has 104 valence electrons. The molecular weight excluding hydrogens is 280 g/mol. The second-order valence-corrected chi connectivity index (χ2v) is 5.60. The van der Waals surface area contributed by atoms with Crippen LogP contribution in [0.5, 0.6) is 5.75 Å². The fraction of sp³-hybridized carbons (Fsp3) is 0. The summed E-state index contributed by atoms with van der Waals surface area (Å²) >= 11 is -1.52. The van der Waals surface area contributed by atoms with Crippen LogP contribution < -0.4 is 4.18 Å². The first-order valence-electron chi connectivity index (χ1n) is 6.64. The van der Waals surface area contributed by atoms with E-state index in [1.54, 1.807) is 12.1 Å². The molecule has 0 aliphatic rings. The summed E-state index contributed by atoms with van der Waals surface area (Å²) in [6, 6.07) is 26.7. The van der Waals surface area contributed by atoms with Crippen LogP contribution in [-0.4, -0.2) is 4.21 Å². The molecule has 0 amide bonds. The Bertz CT molecular complexity index is 739. The molecule has 0 saturated heterocycles. The maximum Gasteiger partial charge on any atom is 0.240 e. The Morgan fingerprint density at radius 1 is 0.667 bits per heavy atom. The van der Waals surface area contributed by atoms with Gasteiger partial charge in [-0.3, -0.25) is 0 Å². The number of para-hydroxylation sites is 1. The standard InChI is InChI=1S/C18H14O2S/c19-21(16-11-5-2-6-12-16)20-18-14-8-7-13-17(18)15-9-3-1-4-10-15/h1-14H. The quantitative estimate of drug-likeness (QED) is 0.710. The van der Waals surface area contributed by atoms with Crippen LogP contribution >= 0.6 is 0 Å². The van der Waals surface area contributed by atoms with Crippen LogP contribution in [0.15, 0.2) is 89.8 Å². The Labute approximate surface area is 126 Å². The van der Waals surface area contributed by atoms with E-state index in [1.807, 2.05) is 72.8 Å². The molecule has 0 aromatic heterocycles. The summed E-state index contributed by atoms with van der Waals surface area (Å²) in [5.74, 6) is 0.617. The first-order chi connectivity index (χ1) is 10.3. The van der Waals surface area contributed by atoms with E-state index in [-0.39, 0.29) is 0 Å². The van der Waals surface area contributed by atoms with Crippen molar-refractivity contribution in [3.05, 3.63) is 84.9 Å². The molecule has 2 nitrogen and oxygen atoms in total. The van der Waals surface area contributed by atoms with Gasteiger partial charge in [-0.2, -0.15) is 0 Å². The molecule has 0 N–H and O–H groups in total. The lowest BCUT2D eigenvalue weighted by Crippen LogP contribution is -2.01. The molecule has 0 saturated carbocycles.